The van der Waals surface area contributed by atoms with E-state index in [2.05, 4.69) is 0 Å². The van der Waals surface area contributed by atoms with E-state index in [1.54, 1.807) is 0 Å². The Labute approximate surface area is 174 Å². The molecule has 1 rings (SSSR count). The summed E-state index contributed by atoms with van der Waals surface area (Å²) in [6.45, 7) is 4.99. The van der Waals surface area contributed by atoms with E-state index >= 15 is 0 Å². The number of nitrogens with two attached hydrogens (primary N) is 1. The highest BCUT2D eigenvalue weighted by Gasteiger charge is 2.50. The van der Waals surface area contributed by atoms with Crippen molar-refractivity contribution in [3.63, 3.8) is 0 Å². The van der Waals surface area contributed by atoms with Crippen molar-refractivity contribution in [3.8, 4) is 0 Å². The van der Waals surface area contributed by atoms with Crippen molar-refractivity contribution in [2.24, 2.45) is 5.73 Å². The predicted octanol–water partition coefficient (Wildman–Crippen LogP) is -1.49. The summed E-state index contributed by atoms with van der Waals surface area (Å²) in [5.41, 5.74) is 5.30. The molecule has 174 valence electrons. The first-order chi connectivity index (χ1) is 14.3. The highest BCUT2D eigenvalue weighted by atomic mass is 16.7. The maximum Gasteiger partial charge on any atom is 0.303 e. The van der Waals surface area contributed by atoms with Gasteiger partial charge in [0.15, 0.2) is 18.5 Å². The van der Waals surface area contributed by atoms with Gasteiger partial charge in [0, 0.05) is 27.3 Å². The zero-order valence-corrected chi connectivity index (χ0v) is 17.4. The van der Waals surface area contributed by atoms with Crippen LogP contribution in [-0.2, 0) is 47.5 Å². The van der Waals surface area contributed by atoms with Crippen molar-refractivity contribution >= 4 is 17.9 Å². The lowest BCUT2D eigenvalue weighted by molar-refractivity contribution is -0.307. The molecule has 0 spiro atoms. The number of aliphatic hydroxyl groups is 1. The summed E-state index contributed by atoms with van der Waals surface area (Å²) in [5, 5.41) is 10.6. The summed E-state index contributed by atoms with van der Waals surface area (Å²) in [6, 6.07) is 0. The summed E-state index contributed by atoms with van der Waals surface area (Å²) in [4.78, 5) is 34.1. The van der Waals surface area contributed by atoms with E-state index in [1.807, 2.05) is 0 Å². The Balaban J connectivity index is 2.71. The summed E-state index contributed by atoms with van der Waals surface area (Å²) in [6.07, 6.45) is -6.20. The Bertz CT molecular complexity index is 544. The van der Waals surface area contributed by atoms with Gasteiger partial charge in [0.1, 0.15) is 18.8 Å². The lowest BCUT2D eigenvalue weighted by Crippen LogP contribution is -2.62. The first kappa shape index (κ1) is 26.2. The predicted molar refractivity (Wildman–Crippen MR) is 99.1 cm³/mol. The number of aliphatic hydroxyl groups excluding tert-OH is 1. The van der Waals surface area contributed by atoms with E-state index in [-0.39, 0.29) is 19.8 Å². The lowest BCUT2D eigenvalue weighted by atomic mass is 9.98. The maximum absolute atomic E-state index is 11.5. The first-order valence-electron chi connectivity index (χ1n) is 9.54. The van der Waals surface area contributed by atoms with Gasteiger partial charge in [0.25, 0.3) is 0 Å². The number of hydrogen-bond donors (Lipinski definition) is 2. The minimum Gasteiger partial charge on any atom is -0.463 e. The van der Waals surface area contributed by atoms with Gasteiger partial charge in [0.05, 0.1) is 33.0 Å². The highest BCUT2D eigenvalue weighted by Crippen LogP contribution is 2.27. The fraction of sp³-hybridized carbons (Fsp3) is 0.833. The van der Waals surface area contributed by atoms with Crippen LogP contribution in [0.2, 0.25) is 0 Å². The fourth-order valence-corrected chi connectivity index (χ4v) is 2.65. The fourth-order valence-electron chi connectivity index (χ4n) is 2.65. The lowest BCUT2D eigenvalue weighted by Gasteiger charge is -2.42. The molecule has 3 N–H and O–H groups in total. The number of hydrogen-bond acceptors (Lipinski definition) is 12. The minimum absolute atomic E-state index is 0.0456. The number of carbonyl (C=O) groups is 3. The van der Waals surface area contributed by atoms with E-state index in [1.165, 1.54) is 6.92 Å². The third-order valence-corrected chi connectivity index (χ3v) is 3.81. The summed E-state index contributed by atoms with van der Waals surface area (Å²) in [5.74, 6) is -1.98. The van der Waals surface area contributed by atoms with Crippen LogP contribution in [0.15, 0.2) is 0 Å². The number of ether oxygens (including phenoxy) is 7. The van der Waals surface area contributed by atoms with Crippen LogP contribution in [0, 0.1) is 0 Å². The van der Waals surface area contributed by atoms with Crippen LogP contribution in [0.3, 0.4) is 0 Å². The van der Waals surface area contributed by atoms with E-state index in [0.29, 0.717) is 26.4 Å². The van der Waals surface area contributed by atoms with Gasteiger partial charge in [-0.2, -0.15) is 0 Å². The monoisotopic (exact) mass is 437 g/mol. The topological polar surface area (TPSA) is 162 Å². The molecule has 0 amide bonds. The van der Waals surface area contributed by atoms with E-state index < -0.39 is 48.6 Å². The molecule has 12 nitrogen and oxygen atoms in total. The van der Waals surface area contributed by atoms with E-state index in [4.69, 9.17) is 38.9 Å². The molecule has 0 saturated carbocycles. The van der Waals surface area contributed by atoms with Crippen LogP contribution in [0.25, 0.3) is 0 Å². The molecule has 0 aromatic rings. The molecule has 1 saturated heterocycles. The molecule has 0 aromatic heterocycles. The van der Waals surface area contributed by atoms with Crippen LogP contribution >= 0.6 is 0 Å². The largest absolute Gasteiger partial charge is 0.463 e. The zero-order valence-electron chi connectivity index (χ0n) is 17.4. The Kier molecular flexibility index (Phi) is 12.4. The Morgan fingerprint density at radius 3 is 2.00 bits per heavy atom. The van der Waals surface area contributed by atoms with Crippen LogP contribution in [0.5, 0.6) is 0 Å². The second kappa shape index (κ2) is 14.2. The molecule has 0 bridgehead atoms. The molecule has 1 aliphatic heterocycles. The van der Waals surface area contributed by atoms with Crippen molar-refractivity contribution in [1.82, 2.24) is 0 Å². The van der Waals surface area contributed by atoms with E-state index in [9.17, 15) is 19.5 Å². The number of rotatable bonds is 13. The Morgan fingerprint density at radius 2 is 1.43 bits per heavy atom. The van der Waals surface area contributed by atoms with Crippen molar-refractivity contribution in [2.75, 3.05) is 46.2 Å². The number of esters is 3. The third-order valence-electron chi connectivity index (χ3n) is 3.81. The molecular weight excluding hydrogens is 406 g/mol. The first-order valence-corrected chi connectivity index (χ1v) is 9.54. The van der Waals surface area contributed by atoms with Gasteiger partial charge >= 0.3 is 17.9 Å². The van der Waals surface area contributed by atoms with Gasteiger partial charge in [-0.25, -0.2) is 0 Å². The smallest absolute Gasteiger partial charge is 0.303 e. The van der Waals surface area contributed by atoms with Crippen molar-refractivity contribution in [2.45, 2.75) is 51.5 Å². The normalized spacial score (nSPS) is 26.1. The summed E-state index contributed by atoms with van der Waals surface area (Å²) >= 11 is 0. The average molecular weight is 437 g/mol. The molecule has 0 aromatic carbocycles. The van der Waals surface area contributed by atoms with Crippen molar-refractivity contribution in [3.05, 3.63) is 0 Å². The quantitative estimate of drug-likeness (QED) is 0.195. The van der Waals surface area contributed by atoms with Crippen LogP contribution in [0.1, 0.15) is 20.8 Å². The van der Waals surface area contributed by atoms with Crippen LogP contribution in [0.4, 0.5) is 0 Å². The molecule has 1 heterocycles. The average Bonchev–Trinajstić information content (AvgIpc) is 2.66. The van der Waals surface area contributed by atoms with Crippen LogP contribution < -0.4 is 5.73 Å². The minimum atomic E-state index is -1.46. The maximum atomic E-state index is 11.5. The van der Waals surface area contributed by atoms with Gasteiger partial charge in [-0.05, 0) is 0 Å². The zero-order chi connectivity index (χ0) is 22.5. The van der Waals surface area contributed by atoms with Gasteiger partial charge in [-0.3, -0.25) is 14.4 Å². The van der Waals surface area contributed by atoms with Crippen molar-refractivity contribution in [1.29, 1.82) is 0 Å². The summed E-state index contributed by atoms with van der Waals surface area (Å²) in [7, 11) is 0. The molecule has 1 aliphatic rings. The molecule has 30 heavy (non-hydrogen) atoms. The standard InChI is InChI=1S/C18H31NO11/c1-11(20)27-10-14-16(28-12(2)21)17(29-13(3)22)15(23)18(30-14)26-9-8-25-7-6-24-5-4-19/h14-18,23H,4-10,19H2,1-3H3/t14-,15+,16-,17-,18+/m1/s1. The molecule has 0 radical (unpaired) electrons. The van der Waals surface area contributed by atoms with Crippen molar-refractivity contribution < 1.29 is 52.6 Å². The molecule has 1 fully saturated rings. The molecule has 0 unspecified atom stereocenters. The Hall–Kier alpha value is -1.83. The van der Waals surface area contributed by atoms with E-state index in [0.717, 1.165) is 13.8 Å². The highest BCUT2D eigenvalue weighted by molar-refractivity contribution is 5.67. The number of carbonyl (C=O) groups excluding carboxylic acids is 3. The third kappa shape index (κ3) is 9.78. The second-order valence-corrected chi connectivity index (χ2v) is 6.37. The van der Waals surface area contributed by atoms with Gasteiger partial charge in [0.2, 0.25) is 0 Å². The molecule has 5 atom stereocenters. The van der Waals surface area contributed by atoms with Gasteiger partial charge in [-0.1, -0.05) is 0 Å². The van der Waals surface area contributed by atoms with Gasteiger partial charge < -0.3 is 44.0 Å². The summed E-state index contributed by atoms with van der Waals surface area (Å²) < 4.78 is 36.9. The van der Waals surface area contributed by atoms with Crippen LogP contribution in [-0.4, -0.2) is 99.9 Å². The van der Waals surface area contributed by atoms with Gasteiger partial charge in [-0.15, -0.1) is 0 Å². The molecular formula is C18H31NO11. The molecule has 0 aliphatic carbocycles. The Morgan fingerprint density at radius 1 is 0.867 bits per heavy atom. The second-order valence-electron chi connectivity index (χ2n) is 6.37. The molecule has 12 heteroatoms. The SMILES string of the molecule is CC(=O)OC[C@H]1O[C@H](OCCOCCOCCN)[C@@H](O)[C@@H](OC(C)=O)[C@@H]1OC(C)=O.